The Hall–Kier alpha value is -1.36. The van der Waals surface area contributed by atoms with Crippen molar-refractivity contribution in [1.29, 1.82) is 0 Å². The summed E-state index contributed by atoms with van der Waals surface area (Å²) in [5.74, 6) is 0.202. The molecular formula is C10H17N3O2. The number of nitrogens with two attached hydrogens (primary N) is 1. The number of aromatic nitrogens is 2. The first-order valence-corrected chi connectivity index (χ1v) is 4.85. The number of nitrogens with zero attached hydrogens (tertiary/aromatic N) is 2. The molecule has 1 amide bonds. The molecule has 0 saturated heterocycles. The van der Waals surface area contributed by atoms with Gasteiger partial charge < -0.3 is 15.4 Å². The van der Waals surface area contributed by atoms with Crippen LogP contribution in [0.2, 0.25) is 0 Å². The van der Waals surface area contributed by atoms with Crippen LogP contribution in [0.3, 0.4) is 0 Å². The molecule has 5 heteroatoms. The summed E-state index contributed by atoms with van der Waals surface area (Å²) in [6, 6.07) is 0. The lowest BCUT2D eigenvalue weighted by Crippen LogP contribution is -2.21. The van der Waals surface area contributed by atoms with Gasteiger partial charge in [0.1, 0.15) is 11.5 Å². The molecule has 1 aromatic rings. The van der Waals surface area contributed by atoms with Crippen LogP contribution < -0.4 is 5.73 Å². The molecule has 0 radical (unpaired) electrons. The molecule has 0 aliphatic rings. The third kappa shape index (κ3) is 3.36. The smallest absolute Gasteiger partial charge is 0.268 e. The van der Waals surface area contributed by atoms with Crippen LogP contribution >= 0.6 is 0 Å². The summed E-state index contributed by atoms with van der Waals surface area (Å²) in [4.78, 5) is 14.9. The number of primary amides is 1. The largest absolute Gasteiger partial charge is 0.390 e. The molecule has 1 rings (SSSR count). The molecule has 0 fully saturated rings. The highest BCUT2D eigenvalue weighted by Gasteiger charge is 2.14. The van der Waals surface area contributed by atoms with Crippen molar-refractivity contribution >= 4 is 5.91 Å². The molecule has 0 bridgehead atoms. The van der Waals surface area contributed by atoms with E-state index < -0.39 is 11.5 Å². The van der Waals surface area contributed by atoms with Gasteiger partial charge in [-0.15, -0.1) is 0 Å². The van der Waals surface area contributed by atoms with Crippen molar-refractivity contribution in [3.63, 3.8) is 0 Å². The van der Waals surface area contributed by atoms with Gasteiger partial charge in [0, 0.05) is 12.7 Å². The number of rotatable bonds is 4. The molecular weight excluding hydrogens is 194 g/mol. The first-order valence-electron chi connectivity index (χ1n) is 4.85. The second-order valence-electron chi connectivity index (χ2n) is 4.29. The number of amides is 1. The Balaban J connectivity index is 2.74. The van der Waals surface area contributed by atoms with Gasteiger partial charge in [0.15, 0.2) is 0 Å². The molecule has 0 atom stereocenters. The van der Waals surface area contributed by atoms with E-state index in [-0.39, 0.29) is 5.69 Å². The molecule has 0 aliphatic heterocycles. The van der Waals surface area contributed by atoms with Crippen LogP contribution in [0, 0.1) is 6.92 Å². The first-order chi connectivity index (χ1) is 6.79. The van der Waals surface area contributed by atoms with Crippen LogP contribution in [0.15, 0.2) is 6.20 Å². The van der Waals surface area contributed by atoms with Crippen molar-refractivity contribution in [2.45, 2.75) is 39.3 Å². The maximum atomic E-state index is 10.9. The van der Waals surface area contributed by atoms with E-state index in [2.05, 4.69) is 4.98 Å². The summed E-state index contributed by atoms with van der Waals surface area (Å²) >= 11 is 0. The lowest BCUT2D eigenvalue weighted by atomic mass is 10.1. The molecule has 0 unspecified atom stereocenters. The summed E-state index contributed by atoms with van der Waals surface area (Å²) in [6.07, 6.45) is 2.21. The standard InChI is InChI=1S/C10H17N3O2/c1-7-12-8(9(11)14)6-13(7)5-4-10(2,3)15/h6,15H,4-5H2,1-3H3,(H2,11,14). The number of carbonyl (C=O) groups is 1. The van der Waals surface area contributed by atoms with Gasteiger partial charge in [0.2, 0.25) is 0 Å². The predicted octanol–water partition coefficient (Wildman–Crippen LogP) is 0.451. The topological polar surface area (TPSA) is 81.1 Å². The lowest BCUT2D eigenvalue weighted by Gasteiger charge is -2.17. The van der Waals surface area contributed by atoms with E-state index in [0.29, 0.717) is 13.0 Å². The van der Waals surface area contributed by atoms with Gasteiger partial charge in [-0.2, -0.15) is 0 Å². The Bertz CT molecular complexity index is 363. The van der Waals surface area contributed by atoms with Crippen molar-refractivity contribution in [1.82, 2.24) is 9.55 Å². The van der Waals surface area contributed by atoms with Gasteiger partial charge >= 0.3 is 0 Å². The average Bonchev–Trinajstić information content (AvgIpc) is 2.42. The van der Waals surface area contributed by atoms with Gasteiger partial charge in [0.25, 0.3) is 5.91 Å². The van der Waals surface area contributed by atoms with Gasteiger partial charge in [-0.1, -0.05) is 0 Å². The van der Waals surface area contributed by atoms with Crippen LogP contribution in [-0.2, 0) is 6.54 Å². The Morgan fingerprint density at radius 2 is 2.27 bits per heavy atom. The van der Waals surface area contributed by atoms with Crippen molar-refractivity contribution in [2.75, 3.05) is 0 Å². The van der Waals surface area contributed by atoms with Crippen LogP contribution in [-0.4, -0.2) is 26.2 Å². The zero-order valence-corrected chi connectivity index (χ0v) is 9.32. The summed E-state index contributed by atoms with van der Waals surface area (Å²) in [5.41, 5.74) is 4.66. The highest BCUT2D eigenvalue weighted by molar-refractivity contribution is 5.90. The van der Waals surface area contributed by atoms with E-state index in [4.69, 9.17) is 5.73 Å². The molecule has 3 N–H and O–H groups in total. The molecule has 15 heavy (non-hydrogen) atoms. The molecule has 84 valence electrons. The van der Waals surface area contributed by atoms with E-state index in [9.17, 15) is 9.90 Å². The van der Waals surface area contributed by atoms with E-state index >= 15 is 0 Å². The molecule has 0 saturated carbocycles. The maximum absolute atomic E-state index is 10.9. The Morgan fingerprint density at radius 1 is 1.67 bits per heavy atom. The zero-order chi connectivity index (χ0) is 11.6. The van der Waals surface area contributed by atoms with Crippen molar-refractivity contribution in [3.8, 4) is 0 Å². The van der Waals surface area contributed by atoms with E-state index in [1.807, 2.05) is 4.57 Å². The summed E-state index contributed by atoms with van der Waals surface area (Å²) in [5, 5.41) is 9.56. The molecule has 0 aromatic carbocycles. The van der Waals surface area contributed by atoms with Crippen molar-refractivity contribution < 1.29 is 9.90 Å². The van der Waals surface area contributed by atoms with E-state index in [0.717, 1.165) is 5.82 Å². The molecule has 0 aliphatic carbocycles. The van der Waals surface area contributed by atoms with Crippen LogP contribution in [0.5, 0.6) is 0 Å². The maximum Gasteiger partial charge on any atom is 0.268 e. The first kappa shape index (κ1) is 11.7. The number of aliphatic hydroxyl groups is 1. The summed E-state index contributed by atoms with van der Waals surface area (Å²) < 4.78 is 1.82. The number of hydrogen-bond donors (Lipinski definition) is 2. The quantitative estimate of drug-likeness (QED) is 0.758. The molecule has 5 nitrogen and oxygen atoms in total. The predicted molar refractivity (Wildman–Crippen MR) is 56.4 cm³/mol. The van der Waals surface area contributed by atoms with Crippen LogP contribution in [0.4, 0.5) is 0 Å². The number of carbonyl (C=O) groups excluding carboxylic acids is 1. The van der Waals surface area contributed by atoms with Gasteiger partial charge in [-0.25, -0.2) is 4.98 Å². The fourth-order valence-corrected chi connectivity index (χ4v) is 1.25. The van der Waals surface area contributed by atoms with Crippen molar-refractivity contribution in [2.24, 2.45) is 5.73 Å². The van der Waals surface area contributed by atoms with E-state index in [1.54, 1.807) is 27.0 Å². The zero-order valence-electron chi connectivity index (χ0n) is 9.32. The Morgan fingerprint density at radius 3 is 2.67 bits per heavy atom. The van der Waals surface area contributed by atoms with Gasteiger partial charge in [0.05, 0.1) is 5.60 Å². The highest BCUT2D eigenvalue weighted by Crippen LogP contribution is 2.11. The van der Waals surface area contributed by atoms with Crippen molar-refractivity contribution in [3.05, 3.63) is 17.7 Å². The second kappa shape index (κ2) is 4.02. The fourth-order valence-electron chi connectivity index (χ4n) is 1.25. The minimum Gasteiger partial charge on any atom is -0.390 e. The number of hydrogen-bond acceptors (Lipinski definition) is 3. The van der Waals surface area contributed by atoms with Crippen LogP contribution in [0.1, 0.15) is 36.6 Å². The van der Waals surface area contributed by atoms with Crippen LogP contribution in [0.25, 0.3) is 0 Å². The van der Waals surface area contributed by atoms with E-state index in [1.165, 1.54) is 0 Å². The molecule has 1 heterocycles. The second-order valence-corrected chi connectivity index (χ2v) is 4.29. The molecule has 1 aromatic heterocycles. The highest BCUT2D eigenvalue weighted by atomic mass is 16.3. The number of aryl methyl sites for hydroxylation is 2. The third-order valence-electron chi connectivity index (χ3n) is 2.19. The Kier molecular flexibility index (Phi) is 3.14. The average molecular weight is 211 g/mol. The summed E-state index contributed by atoms with van der Waals surface area (Å²) in [6.45, 7) is 5.91. The normalized spacial score (nSPS) is 11.7. The van der Waals surface area contributed by atoms with Gasteiger partial charge in [-0.05, 0) is 27.2 Å². The minimum atomic E-state index is -0.719. The minimum absolute atomic E-state index is 0.267. The Labute approximate surface area is 88.9 Å². The lowest BCUT2D eigenvalue weighted by molar-refractivity contribution is 0.0660. The summed E-state index contributed by atoms with van der Waals surface area (Å²) in [7, 11) is 0. The monoisotopic (exact) mass is 211 g/mol. The fraction of sp³-hybridized carbons (Fsp3) is 0.600. The van der Waals surface area contributed by atoms with Gasteiger partial charge in [-0.3, -0.25) is 4.79 Å². The SMILES string of the molecule is Cc1nc(C(N)=O)cn1CCC(C)(C)O. The third-order valence-corrected chi connectivity index (χ3v) is 2.19. The molecule has 0 spiro atoms. The number of imidazole rings is 1.